The molecule has 0 bridgehead atoms. The van der Waals surface area contributed by atoms with Crippen molar-refractivity contribution in [1.82, 2.24) is 30.1 Å². The summed E-state index contributed by atoms with van der Waals surface area (Å²) < 4.78 is 20.4. The van der Waals surface area contributed by atoms with E-state index in [0.717, 1.165) is 5.56 Å². The van der Waals surface area contributed by atoms with Gasteiger partial charge in [0.25, 0.3) is 0 Å². The quantitative estimate of drug-likeness (QED) is 0.393. The minimum absolute atomic E-state index is 0.0685. The molecule has 0 amide bonds. The highest BCUT2D eigenvalue weighted by atomic mass is 19.1. The third kappa shape index (κ3) is 3.81. The van der Waals surface area contributed by atoms with Gasteiger partial charge in [0.1, 0.15) is 11.6 Å². The predicted molar refractivity (Wildman–Crippen MR) is 113 cm³/mol. The number of hydrogen-bond acceptors (Lipinski definition) is 8. The molecule has 0 aliphatic heterocycles. The Hall–Kier alpha value is -4.60. The van der Waals surface area contributed by atoms with E-state index in [-0.39, 0.29) is 11.7 Å². The molecule has 0 radical (unpaired) electrons. The Morgan fingerprint density at radius 3 is 2.68 bits per heavy atom. The molecule has 152 valence electrons. The van der Waals surface area contributed by atoms with Crippen molar-refractivity contribution in [1.29, 1.82) is 0 Å². The van der Waals surface area contributed by atoms with Crippen molar-refractivity contribution in [3.8, 4) is 22.8 Å². The number of benzene rings is 1. The van der Waals surface area contributed by atoms with Crippen molar-refractivity contribution in [2.75, 3.05) is 11.1 Å². The second-order valence-electron chi connectivity index (χ2n) is 6.55. The largest absolute Gasteiger partial charge is 0.453 e. The molecule has 0 saturated heterocycles. The molecule has 0 aliphatic rings. The number of nitrogens with one attached hydrogen (secondary N) is 2. The van der Waals surface area contributed by atoms with Gasteiger partial charge in [-0.1, -0.05) is 0 Å². The molecule has 0 unspecified atom stereocenters. The molecule has 4 N–H and O–H groups in total. The summed E-state index contributed by atoms with van der Waals surface area (Å²) in [6, 6.07) is 11.5. The number of aromatic nitrogens is 6. The van der Waals surface area contributed by atoms with Crippen LogP contribution in [0.5, 0.6) is 11.5 Å². The van der Waals surface area contributed by atoms with Gasteiger partial charge in [0, 0.05) is 42.0 Å². The third-order valence-electron chi connectivity index (χ3n) is 4.46. The second-order valence-corrected chi connectivity index (χ2v) is 6.55. The van der Waals surface area contributed by atoms with Crippen LogP contribution in [0.2, 0.25) is 0 Å². The van der Waals surface area contributed by atoms with E-state index >= 15 is 0 Å². The molecular weight excluding hydrogens is 399 g/mol. The van der Waals surface area contributed by atoms with Crippen molar-refractivity contribution in [2.45, 2.75) is 0 Å². The van der Waals surface area contributed by atoms with Gasteiger partial charge < -0.3 is 15.8 Å². The van der Waals surface area contributed by atoms with Crippen molar-refractivity contribution < 1.29 is 9.13 Å². The Morgan fingerprint density at radius 2 is 1.84 bits per heavy atom. The smallest absolute Gasteiger partial charge is 0.222 e. The minimum Gasteiger partial charge on any atom is -0.453 e. The maximum absolute atomic E-state index is 14.7. The second kappa shape index (κ2) is 7.67. The molecule has 5 aromatic rings. The molecule has 4 heterocycles. The normalized spacial score (nSPS) is 10.9. The van der Waals surface area contributed by atoms with Crippen LogP contribution in [0.25, 0.3) is 22.3 Å². The Bertz CT molecular complexity index is 1370. The van der Waals surface area contributed by atoms with Gasteiger partial charge in [0.15, 0.2) is 17.2 Å². The molecular formula is C21H15FN8O. The number of fused-ring (bicyclic) bond motifs is 1. The standard InChI is InChI=1S/C21H15FN8O/c22-15-9-13(1-2-18(15)31-17-5-8-25-20-14(17)11-26-30-20)27-19-10-16(28-21(23)29-19)12-3-6-24-7-4-12/h1-11H,(H,25,26,30)(H3,23,27,28,29). The number of halogens is 1. The van der Waals surface area contributed by atoms with E-state index < -0.39 is 5.82 Å². The average molecular weight is 414 g/mol. The fourth-order valence-electron chi connectivity index (χ4n) is 3.04. The van der Waals surface area contributed by atoms with Gasteiger partial charge in [-0.3, -0.25) is 10.1 Å². The lowest BCUT2D eigenvalue weighted by atomic mass is 10.2. The molecule has 1 aromatic carbocycles. The Balaban J connectivity index is 1.39. The number of nitrogens with two attached hydrogens (primary N) is 1. The van der Waals surface area contributed by atoms with Crippen molar-refractivity contribution >= 4 is 28.5 Å². The van der Waals surface area contributed by atoms with Crippen LogP contribution in [0.3, 0.4) is 0 Å². The maximum Gasteiger partial charge on any atom is 0.222 e. The molecule has 0 spiro atoms. The lowest BCUT2D eigenvalue weighted by molar-refractivity contribution is 0.446. The summed E-state index contributed by atoms with van der Waals surface area (Å²) >= 11 is 0. The first kappa shape index (κ1) is 18.4. The van der Waals surface area contributed by atoms with Gasteiger partial charge in [-0.25, -0.2) is 14.4 Å². The number of ether oxygens (including phenoxy) is 1. The van der Waals surface area contributed by atoms with Crippen molar-refractivity contribution in [3.05, 3.63) is 73.1 Å². The zero-order valence-corrected chi connectivity index (χ0v) is 16.0. The first-order valence-corrected chi connectivity index (χ1v) is 9.23. The number of aromatic amines is 1. The van der Waals surface area contributed by atoms with E-state index in [1.165, 1.54) is 12.1 Å². The number of nitrogen functional groups attached to an aromatic ring is 1. The SMILES string of the molecule is Nc1nc(Nc2ccc(Oc3ccnc4[nH]ncc34)c(F)c2)cc(-c2ccncc2)n1. The van der Waals surface area contributed by atoms with E-state index in [1.54, 1.807) is 43.0 Å². The number of hydrogen-bond donors (Lipinski definition) is 3. The Morgan fingerprint density at radius 1 is 0.968 bits per heavy atom. The summed E-state index contributed by atoms with van der Waals surface area (Å²) in [5, 5.41) is 10.4. The molecule has 4 aromatic heterocycles. The third-order valence-corrected chi connectivity index (χ3v) is 4.46. The highest BCUT2D eigenvalue weighted by molar-refractivity contribution is 5.81. The summed E-state index contributed by atoms with van der Waals surface area (Å²) in [5.74, 6) is 0.498. The summed E-state index contributed by atoms with van der Waals surface area (Å²) in [6.07, 6.45) is 6.46. The van der Waals surface area contributed by atoms with Gasteiger partial charge in [-0.15, -0.1) is 0 Å². The monoisotopic (exact) mass is 414 g/mol. The van der Waals surface area contributed by atoms with Crippen LogP contribution < -0.4 is 15.8 Å². The van der Waals surface area contributed by atoms with E-state index in [1.807, 2.05) is 12.1 Å². The molecule has 0 fully saturated rings. The summed E-state index contributed by atoms with van der Waals surface area (Å²) in [7, 11) is 0. The lowest BCUT2D eigenvalue weighted by Crippen LogP contribution is -2.02. The number of H-pyrrole nitrogens is 1. The van der Waals surface area contributed by atoms with Crippen molar-refractivity contribution in [3.63, 3.8) is 0 Å². The van der Waals surface area contributed by atoms with Crippen LogP contribution in [-0.4, -0.2) is 30.1 Å². The summed E-state index contributed by atoms with van der Waals surface area (Å²) in [6.45, 7) is 0. The van der Waals surface area contributed by atoms with Crippen LogP contribution in [0.4, 0.5) is 21.8 Å². The fourth-order valence-corrected chi connectivity index (χ4v) is 3.04. The molecule has 9 nitrogen and oxygen atoms in total. The molecule has 10 heteroatoms. The fraction of sp³-hybridized carbons (Fsp3) is 0. The first-order valence-electron chi connectivity index (χ1n) is 9.23. The molecule has 31 heavy (non-hydrogen) atoms. The van der Waals surface area contributed by atoms with E-state index in [4.69, 9.17) is 10.5 Å². The topological polar surface area (TPSA) is 128 Å². The predicted octanol–water partition coefficient (Wildman–Crippen LogP) is 4.07. The zero-order valence-electron chi connectivity index (χ0n) is 16.0. The van der Waals surface area contributed by atoms with Crippen LogP contribution in [-0.2, 0) is 0 Å². The number of nitrogens with zero attached hydrogens (tertiary/aromatic N) is 5. The molecule has 0 aliphatic carbocycles. The van der Waals surface area contributed by atoms with Crippen molar-refractivity contribution in [2.24, 2.45) is 0 Å². The van der Waals surface area contributed by atoms with Gasteiger partial charge in [-0.2, -0.15) is 10.1 Å². The first-order chi connectivity index (χ1) is 15.2. The Kier molecular flexibility index (Phi) is 4.56. The molecule has 0 atom stereocenters. The lowest BCUT2D eigenvalue weighted by Gasteiger charge is -2.11. The number of rotatable bonds is 5. The van der Waals surface area contributed by atoms with E-state index in [9.17, 15) is 4.39 Å². The highest BCUT2D eigenvalue weighted by Gasteiger charge is 2.11. The van der Waals surface area contributed by atoms with Gasteiger partial charge in [0.05, 0.1) is 17.3 Å². The summed E-state index contributed by atoms with van der Waals surface area (Å²) in [4.78, 5) is 16.5. The minimum atomic E-state index is -0.546. The van der Waals surface area contributed by atoms with Crippen LogP contribution in [0, 0.1) is 5.82 Å². The zero-order chi connectivity index (χ0) is 21.2. The number of pyridine rings is 2. The van der Waals surface area contributed by atoms with Crippen LogP contribution in [0.15, 0.2) is 67.3 Å². The van der Waals surface area contributed by atoms with Crippen LogP contribution in [0.1, 0.15) is 0 Å². The van der Waals surface area contributed by atoms with Crippen LogP contribution >= 0.6 is 0 Å². The van der Waals surface area contributed by atoms with Gasteiger partial charge >= 0.3 is 0 Å². The van der Waals surface area contributed by atoms with E-state index in [2.05, 4.69) is 35.5 Å². The van der Waals surface area contributed by atoms with E-state index in [0.29, 0.717) is 34.0 Å². The molecule has 5 rings (SSSR count). The van der Waals surface area contributed by atoms with Gasteiger partial charge in [0.2, 0.25) is 5.95 Å². The molecule has 0 saturated carbocycles. The Labute approximate surface area is 175 Å². The summed E-state index contributed by atoms with van der Waals surface area (Å²) in [5.41, 5.74) is 8.34. The average Bonchev–Trinajstić information content (AvgIpc) is 3.26. The maximum atomic E-state index is 14.7. The van der Waals surface area contributed by atoms with Gasteiger partial charge in [-0.05, 0) is 30.3 Å². The highest BCUT2D eigenvalue weighted by Crippen LogP contribution is 2.31. The number of anilines is 3.